The van der Waals surface area contributed by atoms with Gasteiger partial charge in [0.15, 0.2) is 11.5 Å². The van der Waals surface area contributed by atoms with Gasteiger partial charge in [-0.1, -0.05) is 17.4 Å². The summed E-state index contributed by atoms with van der Waals surface area (Å²) in [5.41, 5.74) is 0.347. The molecule has 0 saturated carbocycles. The molecule has 0 radical (unpaired) electrons. The SMILES string of the molecule is C=CCNc1nn2c(=O)c3cc4c(cc3nc2s1)OCO4. The van der Waals surface area contributed by atoms with Crippen LogP contribution in [0.4, 0.5) is 5.13 Å². The third-order valence-corrected chi connectivity index (χ3v) is 3.95. The first-order valence-electron chi connectivity index (χ1n) is 6.24. The van der Waals surface area contributed by atoms with Crippen molar-refractivity contribution in [1.29, 1.82) is 0 Å². The highest BCUT2D eigenvalue weighted by atomic mass is 32.1. The molecule has 106 valence electrons. The number of hydrogen-bond donors (Lipinski definition) is 1. The summed E-state index contributed by atoms with van der Waals surface area (Å²) >= 11 is 1.31. The molecule has 0 bridgehead atoms. The molecule has 0 saturated heterocycles. The Morgan fingerprint density at radius 3 is 3.05 bits per heavy atom. The fourth-order valence-corrected chi connectivity index (χ4v) is 2.93. The first kappa shape index (κ1) is 12.2. The molecular weight excluding hydrogens is 292 g/mol. The van der Waals surface area contributed by atoms with E-state index in [9.17, 15) is 4.79 Å². The highest BCUT2D eigenvalue weighted by Crippen LogP contribution is 2.34. The summed E-state index contributed by atoms with van der Waals surface area (Å²) in [7, 11) is 0. The minimum Gasteiger partial charge on any atom is -0.454 e. The molecule has 3 aromatic rings. The summed E-state index contributed by atoms with van der Waals surface area (Å²) < 4.78 is 11.9. The second kappa shape index (κ2) is 4.45. The van der Waals surface area contributed by atoms with E-state index in [1.54, 1.807) is 18.2 Å². The number of rotatable bonds is 3. The number of nitrogens with one attached hydrogen (secondary N) is 1. The van der Waals surface area contributed by atoms with Gasteiger partial charge in [0, 0.05) is 12.6 Å². The maximum absolute atomic E-state index is 12.5. The zero-order valence-electron chi connectivity index (χ0n) is 10.8. The van der Waals surface area contributed by atoms with Gasteiger partial charge in [-0.3, -0.25) is 4.79 Å². The number of aromatic nitrogens is 3. The lowest BCUT2D eigenvalue weighted by molar-refractivity contribution is 0.174. The van der Waals surface area contributed by atoms with Gasteiger partial charge < -0.3 is 14.8 Å². The lowest BCUT2D eigenvalue weighted by atomic mass is 10.2. The largest absolute Gasteiger partial charge is 0.454 e. The molecule has 0 fully saturated rings. The Hall–Kier alpha value is -2.61. The summed E-state index contributed by atoms with van der Waals surface area (Å²) in [6, 6.07) is 3.37. The molecule has 1 N–H and O–H groups in total. The van der Waals surface area contributed by atoms with E-state index in [4.69, 9.17) is 9.47 Å². The van der Waals surface area contributed by atoms with Crippen LogP contribution < -0.4 is 20.3 Å². The average Bonchev–Trinajstić information content (AvgIpc) is 3.09. The van der Waals surface area contributed by atoms with Crippen LogP contribution in [0, 0.1) is 0 Å². The molecule has 1 aliphatic heterocycles. The summed E-state index contributed by atoms with van der Waals surface area (Å²) in [5.74, 6) is 1.16. The minimum absolute atomic E-state index is 0.162. The topological polar surface area (TPSA) is 77.8 Å². The van der Waals surface area contributed by atoms with Crippen LogP contribution in [0.15, 0.2) is 29.6 Å². The van der Waals surface area contributed by atoms with Crippen molar-refractivity contribution in [3.8, 4) is 11.5 Å². The van der Waals surface area contributed by atoms with Crippen LogP contribution >= 0.6 is 11.3 Å². The molecule has 21 heavy (non-hydrogen) atoms. The fourth-order valence-electron chi connectivity index (χ4n) is 2.13. The Labute approximate surface area is 122 Å². The van der Waals surface area contributed by atoms with Crippen molar-refractivity contribution in [2.45, 2.75) is 0 Å². The standard InChI is InChI=1S/C13H10N4O3S/c1-2-3-14-12-16-17-11(18)7-4-9-10(20-6-19-9)5-8(7)15-13(17)21-12/h2,4-5H,1,3,6H2,(H,14,16). The fraction of sp³-hybridized carbons (Fsp3) is 0.154. The number of ether oxygens (including phenoxy) is 2. The van der Waals surface area contributed by atoms with Crippen LogP contribution in [-0.2, 0) is 0 Å². The van der Waals surface area contributed by atoms with Gasteiger partial charge in [-0.05, 0) is 6.07 Å². The number of benzene rings is 1. The number of anilines is 1. The van der Waals surface area contributed by atoms with Crippen molar-refractivity contribution in [1.82, 2.24) is 14.6 Å². The van der Waals surface area contributed by atoms with E-state index in [-0.39, 0.29) is 12.4 Å². The molecule has 4 rings (SSSR count). The Morgan fingerprint density at radius 1 is 1.43 bits per heavy atom. The Kier molecular flexibility index (Phi) is 2.58. The van der Waals surface area contributed by atoms with E-state index in [1.165, 1.54) is 15.9 Å². The van der Waals surface area contributed by atoms with Crippen LogP contribution in [0.2, 0.25) is 0 Å². The molecule has 0 unspecified atom stereocenters. The van der Waals surface area contributed by atoms with Crippen molar-refractivity contribution in [2.75, 3.05) is 18.7 Å². The molecule has 7 nitrogen and oxygen atoms in total. The maximum atomic E-state index is 12.5. The third kappa shape index (κ3) is 1.83. The molecule has 0 spiro atoms. The molecule has 8 heteroatoms. The van der Waals surface area contributed by atoms with Gasteiger partial charge in [-0.2, -0.15) is 4.52 Å². The minimum atomic E-state index is -0.226. The first-order chi connectivity index (χ1) is 10.3. The molecule has 2 aromatic heterocycles. The predicted molar refractivity (Wildman–Crippen MR) is 79.4 cm³/mol. The van der Waals surface area contributed by atoms with E-state index in [1.807, 2.05) is 0 Å². The normalized spacial score (nSPS) is 13.0. The lowest BCUT2D eigenvalue weighted by Crippen LogP contribution is -2.15. The zero-order chi connectivity index (χ0) is 14.4. The van der Waals surface area contributed by atoms with Crippen LogP contribution in [0.3, 0.4) is 0 Å². The average molecular weight is 302 g/mol. The van der Waals surface area contributed by atoms with Gasteiger partial charge in [0.1, 0.15) is 0 Å². The summed E-state index contributed by atoms with van der Waals surface area (Å²) in [6.07, 6.45) is 1.72. The lowest BCUT2D eigenvalue weighted by Gasteiger charge is -1.99. The van der Waals surface area contributed by atoms with Crippen molar-refractivity contribution in [3.05, 3.63) is 35.1 Å². The molecule has 3 heterocycles. The van der Waals surface area contributed by atoms with Gasteiger partial charge >= 0.3 is 0 Å². The van der Waals surface area contributed by atoms with Gasteiger partial charge in [0.05, 0.1) is 10.9 Å². The second-order valence-corrected chi connectivity index (χ2v) is 5.37. The molecule has 0 amide bonds. The predicted octanol–water partition coefficient (Wildman–Crippen LogP) is 1.63. The quantitative estimate of drug-likeness (QED) is 0.741. The number of hydrogen-bond acceptors (Lipinski definition) is 7. The highest BCUT2D eigenvalue weighted by molar-refractivity contribution is 7.20. The van der Waals surface area contributed by atoms with E-state index < -0.39 is 0 Å². The summed E-state index contributed by atoms with van der Waals surface area (Å²) in [5, 5.41) is 8.35. The van der Waals surface area contributed by atoms with Gasteiger partial charge in [0.25, 0.3) is 5.56 Å². The van der Waals surface area contributed by atoms with E-state index in [0.29, 0.717) is 39.0 Å². The van der Waals surface area contributed by atoms with E-state index >= 15 is 0 Å². The van der Waals surface area contributed by atoms with Crippen molar-refractivity contribution in [3.63, 3.8) is 0 Å². The van der Waals surface area contributed by atoms with Crippen molar-refractivity contribution < 1.29 is 9.47 Å². The third-order valence-electron chi connectivity index (χ3n) is 3.09. The van der Waals surface area contributed by atoms with E-state index in [2.05, 4.69) is 22.0 Å². The Balaban J connectivity index is 1.96. The van der Waals surface area contributed by atoms with Gasteiger partial charge in [-0.25, -0.2) is 4.98 Å². The van der Waals surface area contributed by atoms with Crippen LogP contribution in [0.1, 0.15) is 0 Å². The molecule has 0 atom stereocenters. The Morgan fingerprint density at radius 2 is 2.24 bits per heavy atom. The molecule has 1 aliphatic rings. The summed E-state index contributed by atoms with van der Waals surface area (Å²) in [4.78, 5) is 17.5. The Bertz CT molecular complexity index is 930. The number of fused-ring (bicyclic) bond motifs is 3. The van der Waals surface area contributed by atoms with Gasteiger partial charge in [-0.15, -0.1) is 11.7 Å². The maximum Gasteiger partial charge on any atom is 0.283 e. The molecule has 1 aromatic carbocycles. The second-order valence-electron chi connectivity index (χ2n) is 4.41. The van der Waals surface area contributed by atoms with Gasteiger partial charge in [0.2, 0.25) is 16.9 Å². The number of nitrogens with zero attached hydrogens (tertiary/aromatic N) is 3. The van der Waals surface area contributed by atoms with Crippen LogP contribution in [0.25, 0.3) is 15.9 Å². The first-order valence-corrected chi connectivity index (χ1v) is 7.06. The van der Waals surface area contributed by atoms with Crippen molar-refractivity contribution >= 4 is 32.3 Å². The van der Waals surface area contributed by atoms with Crippen molar-refractivity contribution in [2.24, 2.45) is 0 Å². The summed E-state index contributed by atoms with van der Waals surface area (Å²) in [6.45, 7) is 4.37. The van der Waals surface area contributed by atoms with Crippen LogP contribution in [-0.4, -0.2) is 27.9 Å². The van der Waals surface area contributed by atoms with E-state index in [0.717, 1.165) is 0 Å². The highest BCUT2D eigenvalue weighted by Gasteiger charge is 2.18. The zero-order valence-corrected chi connectivity index (χ0v) is 11.6. The van der Waals surface area contributed by atoms with Crippen LogP contribution in [0.5, 0.6) is 11.5 Å². The smallest absolute Gasteiger partial charge is 0.283 e. The molecule has 0 aliphatic carbocycles. The monoisotopic (exact) mass is 302 g/mol. The molecular formula is C13H10N4O3S.